The lowest BCUT2D eigenvalue weighted by Gasteiger charge is -2.07. The van der Waals surface area contributed by atoms with E-state index in [1.165, 1.54) is 0 Å². The molecule has 4 N–H and O–H groups in total. The molecule has 0 spiro atoms. The van der Waals surface area contributed by atoms with E-state index in [-0.39, 0.29) is 11.8 Å². The first-order valence-corrected chi connectivity index (χ1v) is 6.86. The number of anilines is 1. The minimum atomic E-state index is -0.190. The van der Waals surface area contributed by atoms with E-state index in [2.05, 4.69) is 15.6 Å². The molecule has 1 saturated carbocycles. The van der Waals surface area contributed by atoms with E-state index in [0.717, 1.165) is 12.8 Å². The maximum atomic E-state index is 11.9. The van der Waals surface area contributed by atoms with Crippen molar-refractivity contribution in [2.24, 2.45) is 0 Å². The van der Waals surface area contributed by atoms with E-state index < -0.39 is 0 Å². The van der Waals surface area contributed by atoms with Crippen LogP contribution in [0.4, 0.5) is 5.82 Å². The van der Waals surface area contributed by atoms with Crippen LogP contribution >= 0.6 is 0 Å². The van der Waals surface area contributed by atoms with Crippen molar-refractivity contribution in [2.45, 2.75) is 38.6 Å². The molecular formula is C14H20N4O2. The normalized spacial score (nSPS) is 13.8. The molecule has 0 bridgehead atoms. The van der Waals surface area contributed by atoms with Crippen molar-refractivity contribution in [3.05, 3.63) is 23.4 Å². The highest BCUT2D eigenvalue weighted by molar-refractivity contribution is 5.94. The lowest BCUT2D eigenvalue weighted by molar-refractivity contribution is -0.121. The third kappa shape index (κ3) is 4.53. The fourth-order valence-corrected chi connectivity index (χ4v) is 1.91. The van der Waals surface area contributed by atoms with Gasteiger partial charge in [0.05, 0.1) is 0 Å². The van der Waals surface area contributed by atoms with Gasteiger partial charge in [-0.3, -0.25) is 9.59 Å². The summed E-state index contributed by atoms with van der Waals surface area (Å²) in [6, 6.07) is 3.62. The SMILES string of the molecule is Cc1cc(C(=O)NCCCC(=O)NC2CC2)cc(N)n1. The van der Waals surface area contributed by atoms with E-state index in [9.17, 15) is 9.59 Å². The first kappa shape index (κ1) is 14.3. The molecule has 0 unspecified atom stereocenters. The van der Waals surface area contributed by atoms with Gasteiger partial charge in [-0.15, -0.1) is 0 Å². The van der Waals surface area contributed by atoms with Gasteiger partial charge in [-0.2, -0.15) is 0 Å². The number of nitrogens with zero attached hydrogens (tertiary/aromatic N) is 1. The van der Waals surface area contributed by atoms with E-state index >= 15 is 0 Å². The number of hydrogen-bond donors (Lipinski definition) is 3. The molecule has 1 aromatic rings. The van der Waals surface area contributed by atoms with Crippen molar-refractivity contribution in [3.8, 4) is 0 Å². The summed E-state index contributed by atoms with van der Waals surface area (Å²) in [5, 5.41) is 5.69. The number of amides is 2. The molecule has 20 heavy (non-hydrogen) atoms. The Morgan fingerprint density at radius 2 is 2.15 bits per heavy atom. The molecule has 1 aliphatic carbocycles. The van der Waals surface area contributed by atoms with Gasteiger partial charge in [0, 0.05) is 30.3 Å². The Balaban J connectivity index is 1.70. The fourth-order valence-electron chi connectivity index (χ4n) is 1.91. The van der Waals surface area contributed by atoms with Crippen molar-refractivity contribution in [2.75, 3.05) is 12.3 Å². The molecular weight excluding hydrogens is 256 g/mol. The van der Waals surface area contributed by atoms with E-state index in [1.807, 2.05) is 0 Å². The molecule has 0 radical (unpaired) electrons. The number of carbonyl (C=O) groups is 2. The number of aryl methyl sites for hydroxylation is 1. The second-order valence-electron chi connectivity index (χ2n) is 5.12. The Kier molecular flexibility index (Phi) is 4.55. The van der Waals surface area contributed by atoms with Gasteiger partial charge < -0.3 is 16.4 Å². The van der Waals surface area contributed by atoms with Crippen LogP contribution in [-0.4, -0.2) is 29.4 Å². The molecule has 0 aromatic carbocycles. The quantitative estimate of drug-likeness (QED) is 0.668. The zero-order chi connectivity index (χ0) is 14.5. The van der Waals surface area contributed by atoms with Crippen LogP contribution in [0.5, 0.6) is 0 Å². The highest BCUT2D eigenvalue weighted by Crippen LogP contribution is 2.18. The fraction of sp³-hybridized carbons (Fsp3) is 0.500. The number of aromatic nitrogens is 1. The largest absolute Gasteiger partial charge is 0.384 e. The van der Waals surface area contributed by atoms with Crippen molar-refractivity contribution in [3.63, 3.8) is 0 Å². The van der Waals surface area contributed by atoms with Gasteiger partial charge in [0.15, 0.2) is 0 Å². The summed E-state index contributed by atoms with van der Waals surface area (Å²) >= 11 is 0. The Labute approximate surface area is 118 Å². The Morgan fingerprint density at radius 1 is 1.40 bits per heavy atom. The minimum Gasteiger partial charge on any atom is -0.384 e. The Hall–Kier alpha value is -2.11. The number of rotatable bonds is 6. The first-order valence-electron chi connectivity index (χ1n) is 6.86. The van der Waals surface area contributed by atoms with E-state index in [0.29, 0.717) is 42.5 Å². The molecule has 0 saturated heterocycles. The maximum Gasteiger partial charge on any atom is 0.251 e. The third-order valence-electron chi connectivity index (χ3n) is 3.04. The lowest BCUT2D eigenvalue weighted by Crippen LogP contribution is -2.28. The average Bonchev–Trinajstić information content (AvgIpc) is 3.17. The average molecular weight is 276 g/mol. The molecule has 1 heterocycles. The molecule has 108 valence electrons. The summed E-state index contributed by atoms with van der Waals surface area (Å²) in [6.45, 7) is 2.26. The maximum absolute atomic E-state index is 11.9. The second kappa shape index (κ2) is 6.36. The van der Waals surface area contributed by atoms with Crippen molar-refractivity contribution < 1.29 is 9.59 Å². The van der Waals surface area contributed by atoms with Gasteiger partial charge >= 0.3 is 0 Å². The van der Waals surface area contributed by atoms with Crippen molar-refractivity contribution >= 4 is 17.6 Å². The van der Waals surface area contributed by atoms with Crippen LogP contribution in [0.2, 0.25) is 0 Å². The Morgan fingerprint density at radius 3 is 2.80 bits per heavy atom. The zero-order valence-corrected chi connectivity index (χ0v) is 11.6. The zero-order valence-electron chi connectivity index (χ0n) is 11.6. The number of nitrogens with one attached hydrogen (secondary N) is 2. The molecule has 0 atom stereocenters. The Bertz CT molecular complexity index is 492. The molecule has 2 rings (SSSR count). The molecule has 1 aliphatic rings. The summed E-state index contributed by atoms with van der Waals surface area (Å²) < 4.78 is 0. The van der Waals surface area contributed by atoms with Gasteiger partial charge in [0.2, 0.25) is 5.91 Å². The predicted molar refractivity (Wildman–Crippen MR) is 76.1 cm³/mol. The number of carbonyl (C=O) groups excluding carboxylic acids is 2. The molecule has 6 heteroatoms. The molecule has 0 aliphatic heterocycles. The van der Waals surface area contributed by atoms with Gasteiger partial charge in [-0.1, -0.05) is 0 Å². The van der Waals surface area contributed by atoms with Crippen LogP contribution in [0.15, 0.2) is 12.1 Å². The van der Waals surface area contributed by atoms with Gasteiger partial charge in [0.1, 0.15) is 5.82 Å². The predicted octanol–water partition coefficient (Wildman–Crippen LogP) is 0.761. The van der Waals surface area contributed by atoms with Gasteiger partial charge in [-0.25, -0.2) is 4.98 Å². The summed E-state index contributed by atoms with van der Waals surface area (Å²) in [5.74, 6) is 0.203. The van der Waals surface area contributed by atoms with Gasteiger partial charge in [-0.05, 0) is 38.3 Å². The van der Waals surface area contributed by atoms with E-state index in [4.69, 9.17) is 5.73 Å². The molecule has 2 amide bonds. The van der Waals surface area contributed by atoms with Crippen LogP contribution in [0.1, 0.15) is 41.7 Å². The van der Waals surface area contributed by atoms with Crippen LogP contribution in [-0.2, 0) is 4.79 Å². The number of pyridine rings is 1. The number of nitrogens with two attached hydrogens (primary N) is 1. The van der Waals surface area contributed by atoms with Crippen LogP contribution in [0.3, 0.4) is 0 Å². The standard InChI is InChI=1S/C14H20N4O2/c1-9-7-10(8-12(15)17-9)14(20)16-6-2-3-13(19)18-11-4-5-11/h7-8,11H,2-6H2,1H3,(H2,15,17)(H,16,20)(H,18,19). The van der Waals surface area contributed by atoms with Crippen LogP contribution in [0.25, 0.3) is 0 Å². The highest BCUT2D eigenvalue weighted by atomic mass is 16.2. The smallest absolute Gasteiger partial charge is 0.251 e. The summed E-state index contributed by atoms with van der Waals surface area (Å²) in [4.78, 5) is 27.4. The summed E-state index contributed by atoms with van der Waals surface area (Å²) in [5.41, 5.74) is 6.80. The van der Waals surface area contributed by atoms with Crippen LogP contribution < -0.4 is 16.4 Å². The summed E-state index contributed by atoms with van der Waals surface area (Å²) in [6.07, 6.45) is 3.24. The first-order chi connectivity index (χ1) is 9.54. The second-order valence-corrected chi connectivity index (χ2v) is 5.12. The van der Waals surface area contributed by atoms with Gasteiger partial charge in [0.25, 0.3) is 5.91 Å². The number of hydrogen-bond acceptors (Lipinski definition) is 4. The highest BCUT2D eigenvalue weighted by Gasteiger charge is 2.22. The number of nitrogen functional groups attached to an aromatic ring is 1. The van der Waals surface area contributed by atoms with E-state index in [1.54, 1.807) is 19.1 Å². The van der Waals surface area contributed by atoms with Crippen molar-refractivity contribution in [1.29, 1.82) is 0 Å². The van der Waals surface area contributed by atoms with Crippen molar-refractivity contribution in [1.82, 2.24) is 15.6 Å². The minimum absolute atomic E-state index is 0.0609. The van der Waals surface area contributed by atoms with Crippen LogP contribution in [0, 0.1) is 6.92 Å². The monoisotopic (exact) mass is 276 g/mol. The molecule has 1 fully saturated rings. The molecule has 6 nitrogen and oxygen atoms in total. The molecule has 1 aromatic heterocycles. The third-order valence-corrected chi connectivity index (χ3v) is 3.04. The lowest BCUT2D eigenvalue weighted by atomic mass is 10.2. The summed E-state index contributed by atoms with van der Waals surface area (Å²) in [7, 11) is 0. The topological polar surface area (TPSA) is 97.1 Å².